The number of aromatic hydroxyl groups is 1. The van der Waals surface area contributed by atoms with Crippen LogP contribution in [0.1, 0.15) is 11.1 Å². The largest absolute Gasteiger partial charge is 0.507 e. The van der Waals surface area contributed by atoms with Crippen molar-refractivity contribution in [3.8, 4) is 5.75 Å². The van der Waals surface area contributed by atoms with Gasteiger partial charge in [0, 0.05) is 3.57 Å². The van der Waals surface area contributed by atoms with E-state index in [1.807, 2.05) is 0 Å². The highest BCUT2D eigenvalue weighted by Gasteiger charge is 2.40. The maximum atomic E-state index is 12.3. The molecule has 1 N–H and O–H groups in total. The summed E-state index contributed by atoms with van der Waals surface area (Å²) in [6, 6.07) is 0.337. The van der Waals surface area contributed by atoms with Crippen molar-refractivity contribution in [2.75, 3.05) is 0 Å². The van der Waals surface area contributed by atoms with Crippen LogP contribution in [-0.2, 0) is 12.4 Å². The first-order chi connectivity index (χ1) is 7.03. The molecule has 0 amide bonds. The number of alkyl halides is 6. The number of benzene rings is 1. The molecule has 1 aromatic rings. The van der Waals surface area contributed by atoms with Gasteiger partial charge in [-0.25, -0.2) is 0 Å². The number of phenolic OH excluding ortho intramolecular Hbond substituents is 1. The predicted octanol–water partition coefficient (Wildman–Crippen LogP) is 4.03. The fraction of sp³-hybridized carbons (Fsp3) is 0.250. The Labute approximate surface area is 99.2 Å². The lowest BCUT2D eigenvalue weighted by Gasteiger charge is -2.14. The summed E-state index contributed by atoms with van der Waals surface area (Å²) in [7, 11) is 0. The average molecular weight is 356 g/mol. The monoisotopic (exact) mass is 356 g/mol. The number of hydrogen-bond acceptors (Lipinski definition) is 1. The first-order valence-corrected chi connectivity index (χ1v) is 4.78. The van der Waals surface area contributed by atoms with Crippen LogP contribution in [0.5, 0.6) is 5.75 Å². The smallest absolute Gasteiger partial charge is 0.419 e. The number of halogens is 7. The quantitative estimate of drug-likeness (QED) is 0.550. The topological polar surface area (TPSA) is 20.2 Å². The Morgan fingerprint density at radius 3 is 1.69 bits per heavy atom. The maximum absolute atomic E-state index is 12.3. The normalized spacial score (nSPS) is 12.9. The average Bonchev–Trinajstić information content (AvgIpc) is 1.97. The van der Waals surface area contributed by atoms with Crippen molar-refractivity contribution in [1.29, 1.82) is 0 Å². The van der Waals surface area contributed by atoms with Crippen molar-refractivity contribution in [2.45, 2.75) is 12.4 Å². The van der Waals surface area contributed by atoms with E-state index in [2.05, 4.69) is 0 Å². The summed E-state index contributed by atoms with van der Waals surface area (Å²) < 4.78 is 73.1. The fourth-order valence-corrected chi connectivity index (χ4v) is 1.76. The molecule has 16 heavy (non-hydrogen) atoms. The Hall–Kier alpha value is -0.670. The van der Waals surface area contributed by atoms with E-state index in [-0.39, 0.29) is 6.07 Å². The molecular formula is C8H3F6IO. The third-order valence-corrected chi connectivity index (χ3v) is 2.59. The van der Waals surface area contributed by atoms with Crippen molar-refractivity contribution < 1.29 is 31.4 Å². The van der Waals surface area contributed by atoms with Crippen molar-refractivity contribution in [2.24, 2.45) is 0 Å². The van der Waals surface area contributed by atoms with Gasteiger partial charge in [0.2, 0.25) is 0 Å². The van der Waals surface area contributed by atoms with Crippen LogP contribution in [0.2, 0.25) is 0 Å². The van der Waals surface area contributed by atoms with Crippen molar-refractivity contribution in [1.82, 2.24) is 0 Å². The highest BCUT2D eigenvalue weighted by Crippen LogP contribution is 2.41. The van der Waals surface area contributed by atoms with E-state index in [1.54, 1.807) is 0 Å². The predicted molar refractivity (Wildman–Crippen MR) is 50.8 cm³/mol. The molecule has 0 heterocycles. The summed E-state index contributed by atoms with van der Waals surface area (Å²) in [6.45, 7) is 0. The second-order valence-corrected chi connectivity index (χ2v) is 4.01. The highest BCUT2D eigenvalue weighted by atomic mass is 127. The second kappa shape index (κ2) is 3.97. The van der Waals surface area contributed by atoms with Crippen LogP contribution in [0, 0.1) is 3.57 Å². The summed E-state index contributed by atoms with van der Waals surface area (Å²) in [5.41, 5.74) is -3.11. The van der Waals surface area contributed by atoms with Crippen molar-refractivity contribution >= 4 is 22.6 Å². The molecule has 1 nitrogen and oxygen atoms in total. The van der Waals surface area contributed by atoms with Gasteiger partial charge in [0.05, 0.1) is 11.1 Å². The van der Waals surface area contributed by atoms with Gasteiger partial charge in [-0.15, -0.1) is 0 Å². The van der Waals surface area contributed by atoms with E-state index in [0.717, 1.165) is 0 Å². The van der Waals surface area contributed by atoms with Gasteiger partial charge in [-0.2, -0.15) is 26.3 Å². The standard InChI is InChI=1S/C8H3F6IO/c9-7(10,11)3-1-4(8(12,13)14)6(16)2-5(3)15/h1-2,16H. The van der Waals surface area contributed by atoms with E-state index in [9.17, 15) is 26.3 Å². The molecule has 8 heteroatoms. The Morgan fingerprint density at radius 1 is 0.875 bits per heavy atom. The molecule has 1 rings (SSSR count). The van der Waals surface area contributed by atoms with Crippen LogP contribution >= 0.6 is 22.6 Å². The Kier molecular flexibility index (Phi) is 3.32. The van der Waals surface area contributed by atoms with Gasteiger partial charge in [-0.1, -0.05) is 0 Å². The van der Waals surface area contributed by atoms with E-state index < -0.39 is 32.8 Å². The Morgan fingerprint density at radius 2 is 1.31 bits per heavy atom. The van der Waals surface area contributed by atoms with Gasteiger partial charge in [0.15, 0.2) is 0 Å². The van der Waals surface area contributed by atoms with E-state index >= 15 is 0 Å². The first kappa shape index (κ1) is 13.4. The third-order valence-electron chi connectivity index (χ3n) is 1.70. The van der Waals surface area contributed by atoms with Crippen LogP contribution in [0.25, 0.3) is 0 Å². The van der Waals surface area contributed by atoms with E-state index in [1.165, 1.54) is 22.6 Å². The van der Waals surface area contributed by atoms with E-state index in [0.29, 0.717) is 6.07 Å². The summed E-state index contributed by atoms with van der Waals surface area (Å²) >= 11 is 1.21. The maximum Gasteiger partial charge on any atom is 0.419 e. The molecule has 0 fully saturated rings. The molecule has 0 saturated heterocycles. The number of rotatable bonds is 0. The zero-order valence-corrected chi connectivity index (χ0v) is 9.41. The van der Waals surface area contributed by atoms with Gasteiger partial charge in [0.25, 0.3) is 0 Å². The minimum absolute atomic E-state index is 0.100. The molecule has 90 valence electrons. The third kappa shape index (κ3) is 2.71. The fourth-order valence-electron chi connectivity index (χ4n) is 1.01. The SMILES string of the molecule is Oc1cc(I)c(C(F)(F)F)cc1C(F)(F)F. The van der Waals surface area contributed by atoms with E-state index in [4.69, 9.17) is 5.11 Å². The zero-order chi connectivity index (χ0) is 12.7. The first-order valence-electron chi connectivity index (χ1n) is 3.70. The lowest BCUT2D eigenvalue weighted by Crippen LogP contribution is -2.12. The lowest BCUT2D eigenvalue weighted by atomic mass is 10.1. The molecule has 0 bridgehead atoms. The minimum atomic E-state index is -5.02. The van der Waals surface area contributed by atoms with Crippen LogP contribution in [0.4, 0.5) is 26.3 Å². The Bertz CT molecular complexity index is 373. The number of hydrogen-bond donors (Lipinski definition) is 1. The summed E-state index contributed by atoms with van der Waals surface area (Å²) in [4.78, 5) is 0. The Balaban J connectivity index is 3.45. The van der Waals surface area contributed by atoms with Gasteiger partial charge in [0.1, 0.15) is 5.75 Å². The molecule has 0 aliphatic heterocycles. The van der Waals surface area contributed by atoms with Crippen molar-refractivity contribution in [3.63, 3.8) is 0 Å². The zero-order valence-electron chi connectivity index (χ0n) is 7.25. The van der Waals surface area contributed by atoms with Gasteiger partial charge >= 0.3 is 12.4 Å². The van der Waals surface area contributed by atoms with Gasteiger partial charge < -0.3 is 5.11 Å². The highest BCUT2D eigenvalue weighted by molar-refractivity contribution is 14.1. The second-order valence-electron chi connectivity index (χ2n) is 2.84. The van der Waals surface area contributed by atoms with Crippen LogP contribution in [0.3, 0.4) is 0 Å². The molecule has 0 aromatic heterocycles. The summed E-state index contributed by atoms with van der Waals surface area (Å²) in [6.07, 6.45) is -9.90. The molecule has 0 unspecified atom stereocenters. The van der Waals surface area contributed by atoms with Gasteiger partial charge in [-0.3, -0.25) is 0 Å². The number of phenols is 1. The molecule has 0 aliphatic rings. The molecule has 1 aromatic carbocycles. The van der Waals surface area contributed by atoms with Crippen molar-refractivity contribution in [3.05, 3.63) is 26.8 Å². The molecule has 0 saturated carbocycles. The molecular weight excluding hydrogens is 353 g/mol. The van der Waals surface area contributed by atoms with Crippen LogP contribution in [-0.4, -0.2) is 5.11 Å². The molecule has 0 radical (unpaired) electrons. The van der Waals surface area contributed by atoms with Gasteiger partial charge in [-0.05, 0) is 34.7 Å². The summed E-state index contributed by atoms with van der Waals surface area (Å²) in [5.74, 6) is -1.22. The van der Waals surface area contributed by atoms with Crippen LogP contribution < -0.4 is 0 Å². The minimum Gasteiger partial charge on any atom is -0.507 e. The lowest BCUT2D eigenvalue weighted by molar-refractivity contribution is -0.144. The molecule has 0 atom stereocenters. The molecule has 0 spiro atoms. The van der Waals surface area contributed by atoms with Crippen LogP contribution in [0.15, 0.2) is 12.1 Å². The summed E-state index contributed by atoms with van der Waals surface area (Å²) in [5, 5.41) is 8.92. The molecule has 0 aliphatic carbocycles.